The largest absolute Gasteiger partial charge is 0.398 e. The molecule has 1 aromatic rings. The number of carbonyl (C=O) groups is 1. The molecule has 0 spiro atoms. The molecular formula is C13H18BrN3O3S. The van der Waals surface area contributed by atoms with Crippen LogP contribution in [0.2, 0.25) is 0 Å². The third-order valence-corrected chi connectivity index (χ3v) is 5.94. The lowest BCUT2D eigenvalue weighted by molar-refractivity contribution is -0.128. The summed E-state index contributed by atoms with van der Waals surface area (Å²) in [6, 6.07) is 4.78. The monoisotopic (exact) mass is 375 g/mol. The van der Waals surface area contributed by atoms with Crippen molar-refractivity contribution in [2.45, 2.75) is 18.2 Å². The van der Waals surface area contributed by atoms with Crippen LogP contribution < -0.4 is 5.73 Å². The second kappa shape index (κ2) is 6.33. The molecule has 1 fully saturated rings. The third-order valence-electron chi connectivity index (χ3n) is 3.49. The minimum Gasteiger partial charge on any atom is -0.398 e. The summed E-state index contributed by atoms with van der Waals surface area (Å²) in [5.74, 6) is -0.0313. The molecule has 1 heterocycles. The van der Waals surface area contributed by atoms with Crippen molar-refractivity contribution in [1.29, 1.82) is 0 Å². The summed E-state index contributed by atoms with van der Waals surface area (Å²) in [4.78, 5) is 13.2. The van der Waals surface area contributed by atoms with Gasteiger partial charge in [-0.1, -0.05) is 15.9 Å². The minimum atomic E-state index is -3.65. The number of benzene rings is 1. The lowest BCUT2D eigenvalue weighted by atomic mass is 10.3. The van der Waals surface area contributed by atoms with Gasteiger partial charge in [0.15, 0.2) is 0 Å². The normalized spacial score (nSPS) is 17.5. The molecule has 1 aromatic carbocycles. The zero-order valence-electron chi connectivity index (χ0n) is 11.8. The van der Waals surface area contributed by atoms with E-state index in [1.54, 1.807) is 17.0 Å². The van der Waals surface area contributed by atoms with Gasteiger partial charge in [0, 0.05) is 37.6 Å². The highest BCUT2D eigenvalue weighted by molar-refractivity contribution is 9.10. The van der Waals surface area contributed by atoms with Crippen LogP contribution in [-0.2, 0) is 14.8 Å². The van der Waals surface area contributed by atoms with Gasteiger partial charge in [0.05, 0.1) is 5.69 Å². The van der Waals surface area contributed by atoms with E-state index in [2.05, 4.69) is 15.9 Å². The van der Waals surface area contributed by atoms with E-state index in [0.717, 1.165) is 0 Å². The molecule has 116 valence electrons. The minimum absolute atomic E-state index is 0.0313. The summed E-state index contributed by atoms with van der Waals surface area (Å²) in [5.41, 5.74) is 6.03. The molecule has 1 amide bonds. The molecule has 2 N–H and O–H groups in total. The van der Waals surface area contributed by atoms with Crippen LogP contribution in [0.3, 0.4) is 0 Å². The fourth-order valence-electron chi connectivity index (χ4n) is 2.32. The van der Waals surface area contributed by atoms with Crippen LogP contribution in [0.25, 0.3) is 0 Å². The second-order valence-electron chi connectivity index (χ2n) is 4.95. The van der Waals surface area contributed by atoms with Gasteiger partial charge in [-0.2, -0.15) is 4.31 Å². The van der Waals surface area contributed by atoms with Gasteiger partial charge in [-0.15, -0.1) is 0 Å². The van der Waals surface area contributed by atoms with Crippen molar-refractivity contribution in [3.8, 4) is 0 Å². The predicted octanol–water partition coefficient (Wildman–Crippen LogP) is 1.27. The zero-order chi connectivity index (χ0) is 15.6. The highest BCUT2D eigenvalue weighted by atomic mass is 79.9. The highest BCUT2D eigenvalue weighted by Crippen LogP contribution is 2.26. The molecule has 0 bridgehead atoms. The Morgan fingerprint density at radius 2 is 1.95 bits per heavy atom. The molecular weight excluding hydrogens is 358 g/mol. The van der Waals surface area contributed by atoms with Gasteiger partial charge < -0.3 is 10.6 Å². The number of nitrogen functional groups attached to an aromatic ring is 1. The number of halogens is 1. The molecule has 0 unspecified atom stereocenters. The molecule has 0 aliphatic carbocycles. The summed E-state index contributed by atoms with van der Waals surface area (Å²) in [7, 11) is -3.65. The average molecular weight is 376 g/mol. The van der Waals surface area contributed by atoms with E-state index in [1.165, 1.54) is 17.3 Å². The van der Waals surface area contributed by atoms with Crippen LogP contribution in [0.15, 0.2) is 27.6 Å². The number of nitrogens with zero attached hydrogens (tertiary/aromatic N) is 2. The molecule has 1 aliphatic heterocycles. The Morgan fingerprint density at radius 1 is 1.24 bits per heavy atom. The van der Waals surface area contributed by atoms with Gasteiger partial charge in [-0.3, -0.25) is 4.79 Å². The molecule has 0 radical (unpaired) electrons. The van der Waals surface area contributed by atoms with Crippen LogP contribution in [0.1, 0.15) is 13.3 Å². The molecule has 6 nitrogen and oxygen atoms in total. The maximum Gasteiger partial charge on any atom is 0.245 e. The second-order valence-corrected chi connectivity index (χ2v) is 7.77. The van der Waals surface area contributed by atoms with Crippen molar-refractivity contribution in [3.05, 3.63) is 22.7 Å². The van der Waals surface area contributed by atoms with Crippen LogP contribution in [0.5, 0.6) is 0 Å². The standard InChI is InChI=1S/C13H18BrN3O3S/c1-10(18)16-5-2-6-17(8-7-16)21(19,20)13-9-11(14)3-4-12(13)15/h3-4,9H,2,5-8,15H2,1H3. The Labute approximate surface area is 133 Å². The first-order chi connectivity index (χ1) is 9.82. The van der Waals surface area contributed by atoms with Crippen molar-refractivity contribution in [2.75, 3.05) is 31.9 Å². The van der Waals surface area contributed by atoms with Crippen LogP contribution in [0, 0.1) is 0 Å². The first-order valence-corrected chi connectivity index (χ1v) is 8.86. The van der Waals surface area contributed by atoms with Gasteiger partial charge >= 0.3 is 0 Å². The Balaban J connectivity index is 2.27. The van der Waals surface area contributed by atoms with Gasteiger partial charge in [-0.25, -0.2) is 8.42 Å². The van der Waals surface area contributed by atoms with E-state index in [0.29, 0.717) is 30.5 Å². The fourth-order valence-corrected chi connectivity index (χ4v) is 4.44. The third kappa shape index (κ3) is 3.56. The highest BCUT2D eigenvalue weighted by Gasteiger charge is 2.29. The SMILES string of the molecule is CC(=O)N1CCCN(S(=O)(=O)c2cc(Br)ccc2N)CC1. The fraction of sp³-hybridized carbons (Fsp3) is 0.462. The van der Waals surface area contributed by atoms with E-state index in [4.69, 9.17) is 5.73 Å². The summed E-state index contributed by atoms with van der Waals surface area (Å²) >= 11 is 3.27. The molecule has 0 saturated carbocycles. The van der Waals surface area contributed by atoms with E-state index < -0.39 is 10.0 Å². The lowest BCUT2D eigenvalue weighted by Crippen LogP contribution is -2.36. The average Bonchev–Trinajstić information content (AvgIpc) is 2.67. The number of amides is 1. The first-order valence-electron chi connectivity index (χ1n) is 6.63. The number of anilines is 1. The van der Waals surface area contributed by atoms with Gasteiger partial charge in [0.2, 0.25) is 15.9 Å². The van der Waals surface area contributed by atoms with Gasteiger partial charge in [0.1, 0.15) is 4.90 Å². The van der Waals surface area contributed by atoms with Gasteiger partial charge in [-0.05, 0) is 24.6 Å². The lowest BCUT2D eigenvalue weighted by Gasteiger charge is -2.21. The summed E-state index contributed by atoms with van der Waals surface area (Å²) in [5, 5.41) is 0. The van der Waals surface area contributed by atoms with E-state index >= 15 is 0 Å². The Hall–Kier alpha value is -1.12. The van der Waals surface area contributed by atoms with E-state index in [1.807, 2.05) is 0 Å². The summed E-state index contributed by atoms with van der Waals surface area (Å²) in [6.07, 6.45) is 0.618. The molecule has 8 heteroatoms. The van der Waals surface area contributed by atoms with Crippen molar-refractivity contribution < 1.29 is 13.2 Å². The molecule has 0 aromatic heterocycles. The topological polar surface area (TPSA) is 83.7 Å². The Morgan fingerprint density at radius 3 is 2.62 bits per heavy atom. The van der Waals surface area contributed by atoms with E-state index in [-0.39, 0.29) is 23.0 Å². The van der Waals surface area contributed by atoms with Crippen LogP contribution in [-0.4, -0.2) is 49.7 Å². The quantitative estimate of drug-likeness (QED) is 0.788. The Bertz CT molecular complexity index is 648. The number of sulfonamides is 1. The van der Waals surface area contributed by atoms with E-state index in [9.17, 15) is 13.2 Å². The van der Waals surface area contributed by atoms with Crippen LogP contribution in [0.4, 0.5) is 5.69 Å². The maximum absolute atomic E-state index is 12.7. The predicted molar refractivity (Wildman–Crippen MR) is 84.2 cm³/mol. The van der Waals surface area contributed by atoms with Crippen molar-refractivity contribution in [2.24, 2.45) is 0 Å². The molecule has 0 atom stereocenters. The van der Waals surface area contributed by atoms with Crippen LogP contribution >= 0.6 is 15.9 Å². The number of carbonyl (C=O) groups excluding carboxylic acids is 1. The smallest absolute Gasteiger partial charge is 0.245 e. The molecule has 2 rings (SSSR count). The number of hydrogen-bond acceptors (Lipinski definition) is 4. The molecule has 1 aliphatic rings. The number of hydrogen-bond donors (Lipinski definition) is 1. The van der Waals surface area contributed by atoms with Crippen molar-refractivity contribution >= 4 is 37.5 Å². The van der Waals surface area contributed by atoms with Crippen molar-refractivity contribution in [3.63, 3.8) is 0 Å². The number of rotatable bonds is 2. The number of nitrogens with two attached hydrogens (primary N) is 1. The summed E-state index contributed by atoms with van der Waals surface area (Å²) < 4.78 is 27.5. The Kier molecular flexibility index (Phi) is 4.90. The molecule has 1 saturated heterocycles. The maximum atomic E-state index is 12.7. The zero-order valence-corrected chi connectivity index (χ0v) is 14.2. The van der Waals surface area contributed by atoms with Crippen molar-refractivity contribution in [1.82, 2.24) is 9.21 Å². The first kappa shape index (κ1) is 16.3. The summed E-state index contributed by atoms with van der Waals surface area (Å²) in [6.45, 7) is 3.15. The van der Waals surface area contributed by atoms with Gasteiger partial charge in [0.25, 0.3) is 0 Å². The molecule has 21 heavy (non-hydrogen) atoms.